The molecule has 16 heavy (non-hydrogen) atoms. The van der Waals surface area contributed by atoms with Gasteiger partial charge in [0.05, 0.1) is 11.8 Å². The number of nitrogens with one attached hydrogen (secondary N) is 1. The molecule has 1 amide bonds. The van der Waals surface area contributed by atoms with Gasteiger partial charge in [0.15, 0.2) is 0 Å². The Kier molecular flexibility index (Phi) is 3.16. The summed E-state index contributed by atoms with van der Waals surface area (Å²) in [7, 11) is 0. The lowest BCUT2D eigenvalue weighted by atomic mass is 10.2. The first kappa shape index (κ1) is 10.6. The van der Waals surface area contributed by atoms with E-state index in [4.69, 9.17) is 0 Å². The summed E-state index contributed by atoms with van der Waals surface area (Å²) >= 11 is 1.59. The average Bonchev–Trinajstić information content (AvgIpc) is 2.78. The minimum atomic E-state index is -0.241. The number of aromatic hydroxyl groups is 1. The first-order valence-electron chi connectivity index (χ1n) is 4.69. The van der Waals surface area contributed by atoms with Crippen molar-refractivity contribution in [2.45, 2.75) is 6.54 Å². The average molecular weight is 234 g/mol. The number of nitrogens with zero attached hydrogens (tertiary/aromatic N) is 1. The highest BCUT2D eigenvalue weighted by molar-refractivity contribution is 7.07. The summed E-state index contributed by atoms with van der Waals surface area (Å²) in [6.07, 6.45) is 2.71. The summed E-state index contributed by atoms with van der Waals surface area (Å²) in [6, 6.07) is 3.33. The predicted octanol–water partition coefficient (Wildman–Crippen LogP) is 1.78. The van der Waals surface area contributed by atoms with Gasteiger partial charge >= 0.3 is 0 Å². The summed E-state index contributed by atoms with van der Waals surface area (Å²) in [5, 5.41) is 15.8. The molecule has 2 rings (SSSR count). The normalized spacial score (nSPS) is 10.0. The minimum Gasteiger partial charge on any atom is -0.506 e. The fraction of sp³-hybridized carbons (Fsp3) is 0.0909. The molecule has 0 spiro atoms. The van der Waals surface area contributed by atoms with Gasteiger partial charge in [0.25, 0.3) is 5.91 Å². The van der Waals surface area contributed by atoms with Crippen molar-refractivity contribution in [1.82, 2.24) is 10.3 Å². The van der Waals surface area contributed by atoms with Gasteiger partial charge in [0.1, 0.15) is 5.75 Å². The third-order valence-electron chi connectivity index (χ3n) is 2.02. The number of hydrogen-bond donors (Lipinski definition) is 2. The maximum atomic E-state index is 11.6. The van der Waals surface area contributed by atoms with Crippen molar-refractivity contribution < 1.29 is 9.90 Å². The first-order chi connectivity index (χ1) is 7.75. The predicted molar refractivity (Wildman–Crippen MR) is 61.4 cm³/mol. The van der Waals surface area contributed by atoms with E-state index in [1.54, 1.807) is 11.3 Å². The van der Waals surface area contributed by atoms with E-state index in [1.807, 2.05) is 16.8 Å². The molecule has 0 fully saturated rings. The lowest BCUT2D eigenvalue weighted by molar-refractivity contribution is 0.0950. The lowest BCUT2D eigenvalue weighted by Crippen LogP contribution is -2.22. The summed E-state index contributed by atoms with van der Waals surface area (Å²) in [4.78, 5) is 15.4. The van der Waals surface area contributed by atoms with Crippen LogP contribution in [0.2, 0.25) is 0 Å². The molecule has 0 aliphatic heterocycles. The summed E-state index contributed by atoms with van der Waals surface area (Å²) in [5.74, 6) is -0.252. The van der Waals surface area contributed by atoms with E-state index in [0.717, 1.165) is 5.56 Å². The molecule has 0 saturated carbocycles. The monoisotopic (exact) mass is 234 g/mol. The standard InChI is InChI=1S/C11H10N2O2S/c14-10-3-9(5-12-6-10)11(15)13-4-8-1-2-16-7-8/h1-3,5-7,14H,4H2,(H,13,15). The van der Waals surface area contributed by atoms with Gasteiger partial charge in [-0.3, -0.25) is 9.78 Å². The van der Waals surface area contributed by atoms with Crippen LogP contribution in [0, 0.1) is 0 Å². The van der Waals surface area contributed by atoms with Crippen LogP contribution >= 0.6 is 11.3 Å². The third-order valence-corrected chi connectivity index (χ3v) is 2.75. The van der Waals surface area contributed by atoms with Crippen molar-refractivity contribution in [1.29, 1.82) is 0 Å². The van der Waals surface area contributed by atoms with E-state index >= 15 is 0 Å². The summed E-state index contributed by atoms with van der Waals surface area (Å²) in [5.41, 5.74) is 1.42. The van der Waals surface area contributed by atoms with Crippen LogP contribution < -0.4 is 5.32 Å². The minimum absolute atomic E-state index is 0.0109. The van der Waals surface area contributed by atoms with Gasteiger partial charge in [-0.1, -0.05) is 0 Å². The maximum Gasteiger partial charge on any atom is 0.253 e. The van der Waals surface area contributed by atoms with Crippen molar-refractivity contribution >= 4 is 17.2 Å². The van der Waals surface area contributed by atoms with Gasteiger partial charge in [-0.25, -0.2) is 0 Å². The molecule has 0 aliphatic carbocycles. The van der Waals surface area contributed by atoms with Crippen molar-refractivity contribution in [2.24, 2.45) is 0 Å². The molecule has 2 aromatic rings. The molecule has 0 aromatic carbocycles. The van der Waals surface area contributed by atoms with Crippen LogP contribution in [0.1, 0.15) is 15.9 Å². The highest BCUT2D eigenvalue weighted by atomic mass is 32.1. The van der Waals surface area contributed by atoms with Crippen LogP contribution in [0.5, 0.6) is 5.75 Å². The SMILES string of the molecule is O=C(NCc1ccsc1)c1cncc(O)c1. The Balaban J connectivity index is 1.98. The molecule has 2 heterocycles. The maximum absolute atomic E-state index is 11.6. The van der Waals surface area contributed by atoms with Crippen LogP contribution in [0.4, 0.5) is 0 Å². The molecule has 2 aromatic heterocycles. The Bertz CT molecular complexity index is 482. The Morgan fingerprint density at radius 1 is 1.50 bits per heavy atom. The second kappa shape index (κ2) is 4.76. The molecule has 4 nitrogen and oxygen atoms in total. The van der Waals surface area contributed by atoms with Gasteiger partial charge < -0.3 is 10.4 Å². The van der Waals surface area contributed by atoms with E-state index in [1.165, 1.54) is 18.5 Å². The van der Waals surface area contributed by atoms with Crippen LogP contribution in [0.25, 0.3) is 0 Å². The van der Waals surface area contributed by atoms with Crippen molar-refractivity contribution in [3.05, 3.63) is 46.4 Å². The van der Waals surface area contributed by atoms with Crippen LogP contribution in [-0.4, -0.2) is 16.0 Å². The molecular weight excluding hydrogens is 224 g/mol. The highest BCUT2D eigenvalue weighted by Crippen LogP contribution is 2.09. The van der Waals surface area contributed by atoms with Crippen LogP contribution in [-0.2, 0) is 6.54 Å². The Morgan fingerprint density at radius 2 is 2.38 bits per heavy atom. The van der Waals surface area contributed by atoms with Crippen molar-refractivity contribution in [3.8, 4) is 5.75 Å². The molecule has 82 valence electrons. The zero-order chi connectivity index (χ0) is 11.4. The zero-order valence-corrected chi connectivity index (χ0v) is 9.20. The van der Waals surface area contributed by atoms with Gasteiger partial charge in [0, 0.05) is 12.7 Å². The molecular formula is C11H10N2O2S. The van der Waals surface area contributed by atoms with E-state index in [9.17, 15) is 9.90 Å². The van der Waals surface area contributed by atoms with E-state index in [-0.39, 0.29) is 11.7 Å². The van der Waals surface area contributed by atoms with Gasteiger partial charge in [0.2, 0.25) is 0 Å². The number of carbonyl (C=O) groups is 1. The van der Waals surface area contributed by atoms with Crippen LogP contribution in [0.15, 0.2) is 35.3 Å². The summed E-state index contributed by atoms with van der Waals surface area (Å²) < 4.78 is 0. The van der Waals surface area contributed by atoms with Crippen molar-refractivity contribution in [3.63, 3.8) is 0 Å². The third kappa shape index (κ3) is 2.58. The van der Waals surface area contributed by atoms with Crippen molar-refractivity contribution in [2.75, 3.05) is 0 Å². The van der Waals surface area contributed by atoms with Crippen LogP contribution in [0.3, 0.4) is 0 Å². The number of pyridine rings is 1. The molecule has 0 unspecified atom stereocenters. The highest BCUT2D eigenvalue weighted by Gasteiger charge is 2.06. The number of amides is 1. The zero-order valence-electron chi connectivity index (χ0n) is 8.38. The van der Waals surface area contributed by atoms with E-state index in [2.05, 4.69) is 10.3 Å². The largest absolute Gasteiger partial charge is 0.506 e. The molecule has 0 bridgehead atoms. The van der Waals surface area contributed by atoms with Gasteiger partial charge in [-0.15, -0.1) is 0 Å². The lowest BCUT2D eigenvalue weighted by Gasteiger charge is -2.03. The molecule has 5 heteroatoms. The Labute approximate surface area is 96.6 Å². The van der Waals surface area contributed by atoms with Gasteiger partial charge in [-0.05, 0) is 28.5 Å². The van der Waals surface area contributed by atoms with Gasteiger partial charge in [-0.2, -0.15) is 11.3 Å². The summed E-state index contributed by atoms with van der Waals surface area (Å²) in [6.45, 7) is 0.484. The molecule has 0 aliphatic rings. The quantitative estimate of drug-likeness (QED) is 0.851. The number of hydrogen-bond acceptors (Lipinski definition) is 4. The number of aromatic nitrogens is 1. The smallest absolute Gasteiger partial charge is 0.253 e. The number of rotatable bonds is 3. The first-order valence-corrected chi connectivity index (χ1v) is 5.63. The fourth-order valence-corrected chi connectivity index (χ4v) is 1.90. The molecule has 0 atom stereocenters. The Morgan fingerprint density at radius 3 is 3.06 bits per heavy atom. The molecule has 0 radical (unpaired) electrons. The Hall–Kier alpha value is -1.88. The fourth-order valence-electron chi connectivity index (χ4n) is 1.23. The molecule has 0 saturated heterocycles. The molecule has 2 N–H and O–H groups in total. The van der Waals surface area contributed by atoms with E-state index < -0.39 is 0 Å². The number of thiophene rings is 1. The topological polar surface area (TPSA) is 62.2 Å². The number of carbonyl (C=O) groups excluding carboxylic acids is 1. The van der Waals surface area contributed by atoms with E-state index in [0.29, 0.717) is 12.1 Å². The second-order valence-electron chi connectivity index (χ2n) is 3.25. The second-order valence-corrected chi connectivity index (χ2v) is 4.03.